The van der Waals surface area contributed by atoms with E-state index in [0.717, 1.165) is 10.5 Å². The molecule has 1 N–H and O–H groups in total. The molecule has 1 fully saturated rings. The fraction of sp³-hybridized carbons (Fsp3) is 0.533. The van der Waals surface area contributed by atoms with Crippen LogP contribution in [0.1, 0.15) is 34.1 Å². The SMILES string of the molecule is CC1(C)OB(C2=CN(C(=O)O)C3CC(F)=CC=C23)OC1(C)C. The number of hydrogen-bond acceptors (Lipinski definition) is 3. The standard InChI is InChI=1S/C15H19BFNO4/c1-14(2)15(3,4)22-16(21-14)11-8-18(13(19)20)12-7-9(17)5-6-10(11)12/h5-6,8,12H,7H2,1-4H3,(H,19,20). The number of carboxylic acid groups (broad SMARTS) is 1. The number of carbonyl (C=O) groups is 1. The molecule has 3 aliphatic rings. The first-order valence-corrected chi connectivity index (χ1v) is 7.27. The van der Waals surface area contributed by atoms with Gasteiger partial charge in [0, 0.05) is 18.1 Å². The van der Waals surface area contributed by atoms with E-state index in [1.54, 1.807) is 6.08 Å². The normalized spacial score (nSPS) is 29.0. The average Bonchev–Trinajstić information content (AvgIpc) is 2.84. The predicted octanol–water partition coefficient (Wildman–Crippen LogP) is 3.05. The molecule has 0 radical (unpaired) electrons. The van der Waals surface area contributed by atoms with Crippen molar-refractivity contribution in [1.82, 2.24) is 4.90 Å². The molecule has 118 valence electrons. The summed E-state index contributed by atoms with van der Waals surface area (Å²) in [5, 5.41) is 9.33. The lowest BCUT2D eigenvalue weighted by Gasteiger charge is -2.32. The first kappa shape index (κ1) is 15.3. The molecule has 0 bridgehead atoms. The zero-order valence-electron chi connectivity index (χ0n) is 13.1. The van der Waals surface area contributed by atoms with Gasteiger partial charge < -0.3 is 14.4 Å². The van der Waals surface area contributed by atoms with Gasteiger partial charge in [0.25, 0.3) is 0 Å². The Morgan fingerprint density at radius 3 is 2.45 bits per heavy atom. The Kier molecular flexibility index (Phi) is 3.27. The Bertz CT molecular complexity index is 607. The number of halogens is 1. The molecule has 7 heteroatoms. The van der Waals surface area contributed by atoms with Crippen molar-refractivity contribution in [2.75, 3.05) is 0 Å². The summed E-state index contributed by atoms with van der Waals surface area (Å²) in [7, 11) is -0.655. The second kappa shape index (κ2) is 4.70. The fourth-order valence-electron chi connectivity index (χ4n) is 2.86. The van der Waals surface area contributed by atoms with Crippen LogP contribution in [0.5, 0.6) is 0 Å². The zero-order chi connectivity index (χ0) is 16.3. The van der Waals surface area contributed by atoms with Crippen molar-refractivity contribution in [2.24, 2.45) is 0 Å². The lowest BCUT2D eigenvalue weighted by atomic mass is 9.73. The van der Waals surface area contributed by atoms with Crippen molar-refractivity contribution >= 4 is 13.2 Å². The Balaban J connectivity index is 1.96. The van der Waals surface area contributed by atoms with E-state index in [2.05, 4.69) is 0 Å². The van der Waals surface area contributed by atoms with Crippen molar-refractivity contribution in [3.63, 3.8) is 0 Å². The lowest BCUT2D eigenvalue weighted by molar-refractivity contribution is 0.00578. The van der Waals surface area contributed by atoms with E-state index < -0.39 is 30.5 Å². The summed E-state index contributed by atoms with van der Waals surface area (Å²) < 4.78 is 25.5. The summed E-state index contributed by atoms with van der Waals surface area (Å²) in [6.45, 7) is 7.74. The quantitative estimate of drug-likeness (QED) is 0.756. The third kappa shape index (κ3) is 2.19. The summed E-state index contributed by atoms with van der Waals surface area (Å²) in [5.41, 5.74) is 0.360. The van der Waals surface area contributed by atoms with E-state index in [9.17, 15) is 14.3 Å². The molecule has 0 spiro atoms. The summed E-state index contributed by atoms with van der Waals surface area (Å²) in [5.74, 6) is -0.330. The molecular weight excluding hydrogens is 288 g/mol. The molecule has 0 aromatic rings. The highest BCUT2D eigenvalue weighted by Gasteiger charge is 2.55. The van der Waals surface area contributed by atoms with Crippen LogP contribution in [0.2, 0.25) is 0 Å². The maximum atomic E-state index is 13.5. The van der Waals surface area contributed by atoms with Crippen molar-refractivity contribution in [2.45, 2.75) is 51.4 Å². The fourth-order valence-corrected chi connectivity index (χ4v) is 2.86. The average molecular weight is 307 g/mol. The van der Waals surface area contributed by atoms with Gasteiger partial charge in [-0.25, -0.2) is 9.18 Å². The monoisotopic (exact) mass is 307 g/mol. The molecular formula is C15H19BFNO4. The van der Waals surface area contributed by atoms with Crippen LogP contribution in [0.4, 0.5) is 9.18 Å². The first-order chi connectivity index (χ1) is 10.1. The first-order valence-electron chi connectivity index (χ1n) is 7.27. The van der Waals surface area contributed by atoms with E-state index in [-0.39, 0.29) is 12.2 Å². The third-order valence-corrected chi connectivity index (χ3v) is 4.87. The van der Waals surface area contributed by atoms with Crippen LogP contribution in [0, 0.1) is 0 Å². The minimum Gasteiger partial charge on any atom is -0.465 e. The van der Waals surface area contributed by atoms with Gasteiger partial charge >= 0.3 is 13.2 Å². The molecule has 1 saturated heterocycles. The van der Waals surface area contributed by atoms with Gasteiger partial charge in [-0.1, -0.05) is 6.08 Å². The molecule has 1 aliphatic carbocycles. The van der Waals surface area contributed by atoms with Crippen LogP contribution in [0.15, 0.2) is 35.2 Å². The Morgan fingerprint density at radius 2 is 1.91 bits per heavy atom. The zero-order valence-corrected chi connectivity index (χ0v) is 13.1. The maximum Gasteiger partial charge on any atom is 0.496 e. The van der Waals surface area contributed by atoms with Crippen LogP contribution in [0.25, 0.3) is 0 Å². The van der Waals surface area contributed by atoms with Gasteiger partial charge in [0.05, 0.1) is 17.2 Å². The Morgan fingerprint density at radius 1 is 1.32 bits per heavy atom. The van der Waals surface area contributed by atoms with E-state index in [0.29, 0.717) is 5.47 Å². The van der Waals surface area contributed by atoms with Crippen molar-refractivity contribution in [3.05, 3.63) is 35.2 Å². The highest BCUT2D eigenvalue weighted by Crippen LogP contribution is 2.44. The Labute approximate surface area is 129 Å². The minimum atomic E-state index is -1.11. The molecule has 1 unspecified atom stereocenters. The largest absolute Gasteiger partial charge is 0.496 e. The second-order valence-electron chi connectivity index (χ2n) is 6.82. The van der Waals surface area contributed by atoms with Gasteiger partial charge in [-0.3, -0.25) is 4.90 Å². The number of allylic oxidation sites excluding steroid dienone is 2. The van der Waals surface area contributed by atoms with Crippen LogP contribution in [0.3, 0.4) is 0 Å². The van der Waals surface area contributed by atoms with Crippen molar-refractivity contribution < 1.29 is 23.6 Å². The summed E-state index contributed by atoms with van der Waals surface area (Å²) in [6, 6.07) is -0.545. The van der Waals surface area contributed by atoms with E-state index in [4.69, 9.17) is 9.31 Å². The van der Waals surface area contributed by atoms with Crippen LogP contribution in [-0.4, -0.2) is 40.5 Å². The molecule has 2 heterocycles. The van der Waals surface area contributed by atoms with Gasteiger partial charge in [0.2, 0.25) is 0 Å². The highest BCUT2D eigenvalue weighted by molar-refractivity contribution is 6.56. The van der Waals surface area contributed by atoms with Crippen molar-refractivity contribution in [1.29, 1.82) is 0 Å². The molecule has 2 aliphatic heterocycles. The van der Waals surface area contributed by atoms with Crippen LogP contribution >= 0.6 is 0 Å². The topological polar surface area (TPSA) is 59.0 Å². The van der Waals surface area contributed by atoms with Gasteiger partial charge in [-0.05, 0) is 39.3 Å². The lowest BCUT2D eigenvalue weighted by Crippen LogP contribution is -2.41. The molecule has 1 atom stereocenters. The summed E-state index contributed by atoms with van der Waals surface area (Å²) >= 11 is 0. The van der Waals surface area contributed by atoms with Crippen LogP contribution in [-0.2, 0) is 9.31 Å². The molecule has 0 saturated carbocycles. The van der Waals surface area contributed by atoms with Crippen LogP contribution < -0.4 is 0 Å². The number of hydrogen-bond donors (Lipinski definition) is 1. The minimum absolute atomic E-state index is 0.0393. The number of amides is 1. The number of fused-ring (bicyclic) bond motifs is 1. The highest BCUT2D eigenvalue weighted by atomic mass is 19.1. The molecule has 5 nitrogen and oxygen atoms in total. The van der Waals surface area contributed by atoms with Crippen molar-refractivity contribution in [3.8, 4) is 0 Å². The smallest absolute Gasteiger partial charge is 0.465 e. The second-order valence-corrected chi connectivity index (χ2v) is 6.82. The predicted molar refractivity (Wildman–Crippen MR) is 79.7 cm³/mol. The van der Waals surface area contributed by atoms with E-state index in [1.807, 2.05) is 27.7 Å². The molecule has 1 amide bonds. The van der Waals surface area contributed by atoms with Gasteiger partial charge in [0.15, 0.2) is 0 Å². The molecule has 0 aromatic heterocycles. The molecule has 3 rings (SSSR count). The van der Waals surface area contributed by atoms with Gasteiger partial charge in [-0.15, -0.1) is 0 Å². The maximum absolute atomic E-state index is 13.5. The number of nitrogens with zero attached hydrogens (tertiary/aromatic N) is 1. The summed E-state index contributed by atoms with van der Waals surface area (Å²) in [6.07, 6.45) is 3.40. The Hall–Kier alpha value is -1.60. The van der Waals surface area contributed by atoms with Gasteiger partial charge in [0.1, 0.15) is 5.83 Å². The number of rotatable bonds is 1. The molecule has 0 aromatic carbocycles. The molecule has 22 heavy (non-hydrogen) atoms. The van der Waals surface area contributed by atoms with E-state index >= 15 is 0 Å². The summed E-state index contributed by atoms with van der Waals surface area (Å²) in [4.78, 5) is 12.5. The van der Waals surface area contributed by atoms with E-state index in [1.165, 1.54) is 12.3 Å². The third-order valence-electron chi connectivity index (χ3n) is 4.87. The van der Waals surface area contributed by atoms with Gasteiger partial charge in [-0.2, -0.15) is 0 Å².